The molecule has 0 fully saturated rings. The van der Waals surface area contributed by atoms with Gasteiger partial charge in [0.15, 0.2) is 5.82 Å². The molecule has 0 spiro atoms. The van der Waals surface area contributed by atoms with Crippen molar-refractivity contribution in [2.45, 2.75) is 10.1 Å². The molecule has 0 atom stereocenters. The van der Waals surface area contributed by atoms with Gasteiger partial charge in [0.05, 0.1) is 5.56 Å². The van der Waals surface area contributed by atoms with Gasteiger partial charge >= 0.3 is 5.97 Å². The molecule has 2 rings (SSSR count). The van der Waals surface area contributed by atoms with Crippen LogP contribution < -0.4 is 0 Å². The zero-order chi connectivity index (χ0) is 12.3. The summed E-state index contributed by atoms with van der Waals surface area (Å²) in [5.41, 5.74) is 0.0934. The van der Waals surface area contributed by atoms with Crippen LogP contribution >= 0.6 is 11.8 Å². The number of carbonyl (C=O) groups is 1. The van der Waals surface area contributed by atoms with Crippen LogP contribution in [0.15, 0.2) is 46.7 Å². The number of aromatic carboxylic acids is 1. The second kappa shape index (κ2) is 4.92. The third-order valence-electron chi connectivity index (χ3n) is 1.91. The molecule has 17 heavy (non-hydrogen) atoms. The maximum absolute atomic E-state index is 13.3. The highest BCUT2D eigenvalue weighted by Gasteiger charge is 2.07. The van der Waals surface area contributed by atoms with Crippen LogP contribution in [-0.2, 0) is 0 Å². The molecule has 6 heteroatoms. The molecule has 0 bridgehead atoms. The first-order valence-electron chi connectivity index (χ1n) is 4.64. The van der Waals surface area contributed by atoms with Crippen molar-refractivity contribution < 1.29 is 14.3 Å². The third-order valence-corrected chi connectivity index (χ3v) is 2.85. The topological polar surface area (TPSA) is 63.1 Å². The Kier molecular flexibility index (Phi) is 3.34. The summed E-state index contributed by atoms with van der Waals surface area (Å²) in [4.78, 5) is 18.4. The van der Waals surface area contributed by atoms with E-state index in [2.05, 4.69) is 9.97 Å². The zero-order valence-corrected chi connectivity index (χ0v) is 9.32. The minimum Gasteiger partial charge on any atom is -0.478 e. The van der Waals surface area contributed by atoms with E-state index in [1.165, 1.54) is 36.7 Å². The lowest BCUT2D eigenvalue weighted by Crippen LogP contribution is -1.96. The summed E-state index contributed by atoms with van der Waals surface area (Å²) in [7, 11) is 0. The van der Waals surface area contributed by atoms with Gasteiger partial charge in [-0.25, -0.2) is 19.2 Å². The number of carboxylic acid groups (broad SMARTS) is 1. The number of carboxylic acids is 1. The van der Waals surface area contributed by atoms with Gasteiger partial charge in [0.1, 0.15) is 10.1 Å². The van der Waals surface area contributed by atoms with Crippen LogP contribution in [0.25, 0.3) is 0 Å². The number of hydrogen-bond acceptors (Lipinski definition) is 4. The van der Waals surface area contributed by atoms with Crippen LogP contribution in [0.3, 0.4) is 0 Å². The largest absolute Gasteiger partial charge is 0.478 e. The van der Waals surface area contributed by atoms with Crippen molar-refractivity contribution in [3.63, 3.8) is 0 Å². The number of rotatable bonds is 3. The van der Waals surface area contributed by atoms with Crippen molar-refractivity contribution in [1.29, 1.82) is 0 Å². The average molecular weight is 250 g/mol. The van der Waals surface area contributed by atoms with Gasteiger partial charge in [-0.15, -0.1) is 0 Å². The highest BCUT2D eigenvalue weighted by molar-refractivity contribution is 7.99. The Hall–Kier alpha value is -1.95. The van der Waals surface area contributed by atoms with E-state index in [9.17, 15) is 9.18 Å². The smallest absolute Gasteiger partial charge is 0.337 e. The third kappa shape index (κ3) is 2.79. The van der Waals surface area contributed by atoms with Gasteiger partial charge in [0.25, 0.3) is 0 Å². The first kappa shape index (κ1) is 11.5. The first-order chi connectivity index (χ1) is 8.16. The van der Waals surface area contributed by atoms with Crippen LogP contribution in [-0.4, -0.2) is 21.0 Å². The molecule has 4 nitrogen and oxygen atoms in total. The highest BCUT2D eigenvalue weighted by atomic mass is 32.2. The van der Waals surface area contributed by atoms with E-state index in [0.29, 0.717) is 5.03 Å². The predicted molar refractivity (Wildman–Crippen MR) is 59.5 cm³/mol. The standard InChI is InChI=1S/C11H7FN2O2S/c12-8-2-1-5-13-10(8)17-9-4-3-7(6-14-9)11(15)16/h1-6H,(H,15,16). The lowest BCUT2D eigenvalue weighted by Gasteiger charge is -2.01. The fourth-order valence-corrected chi connectivity index (χ4v) is 1.83. The van der Waals surface area contributed by atoms with E-state index in [0.717, 1.165) is 11.8 Å². The van der Waals surface area contributed by atoms with Gasteiger partial charge in [0.2, 0.25) is 0 Å². The van der Waals surface area contributed by atoms with Crippen molar-refractivity contribution in [3.05, 3.63) is 48.0 Å². The lowest BCUT2D eigenvalue weighted by molar-refractivity contribution is 0.0696. The molecule has 2 heterocycles. The second-order valence-electron chi connectivity index (χ2n) is 3.08. The maximum Gasteiger partial charge on any atom is 0.337 e. The van der Waals surface area contributed by atoms with E-state index in [1.807, 2.05) is 0 Å². The molecule has 0 saturated heterocycles. The maximum atomic E-state index is 13.3. The van der Waals surface area contributed by atoms with Crippen molar-refractivity contribution in [2.75, 3.05) is 0 Å². The molecule has 86 valence electrons. The van der Waals surface area contributed by atoms with Crippen LogP contribution in [0.4, 0.5) is 4.39 Å². The summed E-state index contributed by atoms with van der Waals surface area (Å²) in [6.07, 6.45) is 2.71. The SMILES string of the molecule is O=C(O)c1ccc(Sc2ncccc2F)nc1. The van der Waals surface area contributed by atoms with Crippen LogP contribution in [0.1, 0.15) is 10.4 Å². The van der Waals surface area contributed by atoms with Crippen molar-refractivity contribution in [2.24, 2.45) is 0 Å². The molecule has 0 aliphatic rings. The predicted octanol–water partition coefficient (Wildman–Crippen LogP) is 2.47. The van der Waals surface area contributed by atoms with Crippen molar-refractivity contribution >= 4 is 17.7 Å². The Bertz CT molecular complexity index is 545. The average Bonchev–Trinajstić information content (AvgIpc) is 2.33. The molecule has 0 radical (unpaired) electrons. The Morgan fingerprint density at radius 1 is 1.29 bits per heavy atom. The van der Waals surface area contributed by atoms with Crippen LogP contribution in [0.5, 0.6) is 0 Å². The number of pyridine rings is 2. The Balaban J connectivity index is 2.20. The minimum atomic E-state index is -1.04. The van der Waals surface area contributed by atoms with Crippen molar-refractivity contribution in [3.8, 4) is 0 Å². The molecule has 1 N–H and O–H groups in total. The number of nitrogens with zero attached hydrogens (tertiary/aromatic N) is 2. The van der Waals surface area contributed by atoms with E-state index in [4.69, 9.17) is 5.11 Å². The molecule has 0 saturated carbocycles. The molecule has 0 aliphatic heterocycles. The zero-order valence-electron chi connectivity index (χ0n) is 8.50. The summed E-state index contributed by atoms with van der Waals surface area (Å²) in [6, 6.07) is 5.74. The summed E-state index contributed by atoms with van der Waals surface area (Å²) in [5, 5.41) is 9.39. The highest BCUT2D eigenvalue weighted by Crippen LogP contribution is 2.25. The molecule has 2 aromatic heterocycles. The number of halogens is 1. The van der Waals surface area contributed by atoms with Gasteiger partial charge in [0, 0.05) is 12.4 Å². The number of aromatic nitrogens is 2. The number of hydrogen-bond donors (Lipinski definition) is 1. The molecule has 0 amide bonds. The molecular formula is C11H7FN2O2S. The summed E-state index contributed by atoms with van der Waals surface area (Å²) in [5.74, 6) is -1.47. The quantitative estimate of drug-likeness (QED) is 0.906. The van der Waals surface area contributed by atoms with E-state index < -0.39 is 11.8 Å². The molecule has 0 aromatic carbocycles. The Labute approximate surface area is 101 Å². The monoisotopic (exact) mass is 250 g/mol. The molecule has 2 aromatic rings. The van der Waals surface area contributed by atoms with Gasteiger partial charge in [-0.2, -0.15) is 0 Å². The molecule has 0 unspecified atom stereocenters. The van der Waals surface area contributed by atoms with E-state index in [-0.39, 0.29) is 10.6 Å². The van der Waals surface area contributed by atoms with Gasteiger partial charge < -0.3 is 5.11 Å². The molecule has 0 aliphatic carbocycles. The first-order valence-corrected chi connectivity index (χ1v) is 5.46. The second-order valence-corrected chi connectivity index (χ2v) is 4.09. The van der Waals surface area contributed by atoms with Gasteiger partial charge in [-0.1, -0.05) is 0 Å². The van der Waals surface area contributed by atoms with Gasteiger partial charge in [-0.3, -0.25) is 0 Å². The summed E-state index contributed by atoms with van der Waals surface area (Å²) < 4.78 is 13.3. The van der Waals surface area contributed by atoms with Crippen LogP contribution in [0, 0.1) is 5.82 Å². The van der Waals surface area contributed by atoms with Gasteiger partial charge in [-0.05, 0) is 36.0 Å². The normalized spacial score (nSPS) is 10.2. The fourth-order valence-electron chi connectivity index (χ4n) is 1.11. The fraction of sp³-hybridized carbons (Fsp3) is 0. The van der Waals surface area contributed by atoms with E-state index in [1.54, 1.807) is 0 Å². The molecular weight excluding hydrogens is 243 g/mol. The lowest BCUT2D eigenvalue weighted by atomic mass is 10.3. The Morgan fingerprint density at radius 3 is 2.71 bits per heavy atom. The summed E-state index contributed by atoms with van der Waals surface area (Å²) >= 11 is 1.04. The van der Waals surface area contributed by atoms with Crippen LogP contribution in [0.2, 0.25) is 0 Å². The minimum absolute atomic E-state index is 0.0934. The van der Waals surface area contributed by atoms with Crippen molar-refractivity contribution in [1.82, 2.24) is 9.97 Å². The Morgan fingerprint density at radius 2 is 2.12 bits per heavy atom. The van der Waals surface area contributed by atoms with E-state index >= 15 is 0 Å². The summed E-state index contributed by atoms with van der Waals surface area (Å²) in [6.45, 7) is 0.